The van der Waals surface area contributed by atoms with E-state index >= 15 is 0 Å². The Morgan fingerprint density at radius 2 is 2.04 bits per heavy atom. The van der Waals surface area contributed by atoms with Crippen molar-refractivity contribution in [3.63, 3.8) is 0 Å². The van der Waals surface area contributed by atoms with Gasteiger partial charge in [0.2, 0.25) is 5.43 Å². The van der Waals surface area contributed by atoms with E-state index in [1.54, 1.807) is 42.5 Å². The monoisotopic (exact) mass is 320 g/mol. The van der Waals surface area contributed by atoms with Gasteiger partial charge in [0.1, 0.15) is 23.2 Å². The first-order valence-corrected chi connectivity index (χ1v) is 7.26. The highest BCUT2D eigenvalue weighted by Crippen LogP contribution is 2.21. The van der Waals surface area contributed by atoms with Gasteiger partial charge < -0.3 is 14.1 Å². The molecule has 0 fully saturated rings. The van der Waals surface area contributed by atoms with Crippen LogP contribution in [0.3, 0.4) is 0 Å². The van der Waals surface area contributed by atoms with Crippen molar-refractivity contribution in [2.75, 3.05) is 7.11 Å². The second-order valence-electron chi connectivity index (χ2n) is 5.28. The maximum atomic E-state index is 12.6. The fraction of sp³-hybridized carbons (Fsp3) is 0.0556. The first-order valence-electron chi connectivity index (χ1n) is 7.26. The van der Waals surface area contributed by atoms with Crippen LogP contribution in [0.25, 0.3) is 33.4 Å². The van der Waals surface area contributed by atoms with Crippen molar-refractivity contribution >= 4 is 28.0 Å². The number of benzene rings is 2. The minimum absolute atomic E-state index is 0.163. The first kappa shape index (κ1) is 14.2. The molecule has 24 heavy (non-hydrogen) atoms. The minimum atomic E-state index is -0.432. The van der Waals surface area contributed by atoms with Crippen LogP contribution in [0.15, 0.2) is 57.9 Å². The second-order valence-corrected chi connectivity index (χ2v) is 5.28. The molecular formula is C18H12N2O4. The van der Waals surface area contributed by atoms with Gasteiger partial charge in [-0.1, -0.05) is 12.1 Å². The molecule has 0 bridgehead atoms. The summed E-state index contributed by atoms with van der Waals surface area (Å²) >= 11 is 0. The fourth-order valence-corrected chi connectivity index (χ4v) is 2.62. The number of imidazole rings is 1. The number of aromatic nitrogens is 2. The number of H-pyrrole nitrogens is 1. The fourth-order valence-electron chi connectivity index (χ4n) is 2.62. The van der Waals surface area contributed by atoms with E-state index in [4.69, 9.17) is 9.15 Å². The predicted molar refractivity (Wildman–Crippen MR) is 88.9 cm³/mol. The molecule has 118 valence electrons. The Labute approximate surface area is 135 Å². The lowest BCUT2D eigenvalue weighted by Gasteiger charge is -1.99. The number of aromatic amines is 1. The Kier molecular flexibility index (Phi) is 3.16. The van der Waals surface area contributed by atoms with Crippen LogP contribution in [-0.2, 0) is 4.74 Å². The van der Waals surface area contributed by atoms with Crippen LogP contribution in [0.2, 0.25) is 0 Å². The highest BCUT2D eigenvalue weighted by molar-refractivity contribution is 5.94. The SMILES string of the molecule is COC(=O)c1ccc2nc(-c3coc4ccccc4c3=O)[nH]c2c1. The van der Waals surface area contributed by atoms with Crippen LogP contribution in [-0.4, -0.2) is 23.0 Å². The lowest BCUT2D eigenvalue weighted by atomic mass is 10.1. The molecule has 0 atom stereocenters. The predicted octanol–water partition coefficient (Wildman–Crippen LogP) is 3.12. The van der Waals surface area contributed by atoms with Crippen LogP contribution < -0.4 is 5.43 Å². The molecule has 6 nitrogen and oxygen atoms in total. The number of nitrogens with zero attached hydrogens (tertiary/aromatic N) is 1. The molecule has 2 aromatic heterocycles. The molecular weight excluding hydrogens is 308 g/mol. The lowest BCUT2D eigenvalue weighted by Crippen LogP contribution is -2.05. The molecule has 0 aliphatic carbocycles. The number of para-hydroxylation sites is 1. The van der Waals surface area contributed by atoms with Gasteiger partial charge in [0.15, 0.2) is 0 Å². The Hall–Kier alpha value is -3.41. The maximum absolute atomic E-state index is 12.6. The van der Waals surface area contributed by atoms with Gasteiger partial charge in [-0.15, -0.1) is 0 Å². The number of carbonyl (C=O) groups excluding carboxylic acids is 1. The molecule has 0 aliphatic heterocycles. The Balaban J connectivity index is 1.89. The van der Waals surface area contributed by atoms with Crippen molar-refractivity contribution in [1.29, 1.82) is 0 Å². The molecule has 2 heterocycles. The number of fused-ring (bicyclic) bond motifs is 2. The number of nitrogens with one attached hydrogen (secondary N) is 1. The smallest absolute Gasteiger partial charge is 0.337 e. The average Bonchev–Trinajstić information content (AvgIpc) is 3.04. The maximum Gasteiger partial charge on any atom is 0.337 e. The van der Waals surface area contributed by atoms with Gasteiger partial charge in [-0.3, -0.25) is 4.79 Å². The summed E-state index contributed by atoms with van der Waals surface area (Å²) in [6.07, 6.45) is 1.39. The quantitative estimate of drug-likeness (QED) is 0.574. The number of carbonyl (C=O) groups is 1. The van der Waals surface area contributed by atoms with E-state index in [-0.39, 0.29) is 5.43 Å². The van der Waals surface area contributed by atoms with Crippen molar-refractivity contribution in [3.05, 3.63) is 64.5 Å². The van der Waals surface area contributed by atoms with E-state index in [0.29, 0.717) is 39.0 Å². The number of methoxy groups -OCH3 is 1. The second kappa shape index (κ2) is 5.34. The molecule has 2 aromatic carbocycles. The molecule has 0 saturated heterocycles. The molecule has 0 radical (unpaired) electrons. The number of ether oxygens (including phenoxy) is 1. The summed E-state index contributed by atoms with van der Waals surface area (Å²) in [5.41, 5.74) is 2.39. The van der Waals surface area contributed by atoms with Gasteiger partial charge in [0, 0.05) is 0 Å². The zero-order chi connectivity index (χ0) is 16.7. The van der Waals surface area contributed by atoms with Gasteiger partial charge in [-0.25, -0.2) is 9.78 Å². The van der Waals surface area contributed by atoms with Crippen molar-refractivity contribution in [3.8, 4) is 11.4 Å². The van der Waals surface area contributed by atoms with Crippen molar-refractivity contribution in [1.82, 2.24) is 9.97 Å². The molecule has 4 rings (SSSR count). The standard InChI is InChI=1S/C18H12N2O4/c1-23-18(22)10-6-7-13-14(8-10)20-17(19-13)12-9-24-15-5-3-2-4-11(15)16(12)21/h2-9H,1H3,(H,19,20). The van der Waals surface area contributed by atoms with Crippen molar-refractivity contribution in [2.24, 2.45) is 0 Å². The molecule has 4 aromatic rings. The summed E-state index contributed by atoms with van der Waals surface area (Å²) in [5.74, 6) is -0.0372. The summed E-state index contributed by atoms with van der Waals surface area (Å²) in [6, 6.07) is 12.0. The van der Waals surface area contributed by atoms with Gasteiger partial charge in [-0.2, -0.15) is 0 Å². The third-order valence-electron chi connectivity index (χ3n) is 3.84. The third kappa shape index (κ3) is 2.16. The van der Waals surface area contributed by atoms with Gasteiger partial charge >= 0.3 is 5.97 Å². The number of hydrogen-bond acceptors (Lipinski definition) is 5. The summed E-state index contributed by atoms with van der Waals surface area (Å²) in [7, 11) is 1.32. The Morgan fingerprint density at radius 3 is 2.88 bits per heavy atom. The zero-order valence-electron chi connectivity index (χ0n) is 12.7. The average molecular weight is 320 g/mol. The number of rotatable bonds is 2. The van der Waals surface area contributed by atoms with E-state index in [2.05, 4.69) is 9.97 Å². The summed E-state index contributed by atoms with van der Waals surface area (Å²) in [5, 5.41) is 0.491. The van der Waals surface area contributed by atoms with Crippen LogP contribution in [0.4, 0.5) is 0 Å². The Bertz CT molecular complexity index is 1140. The zero-order valence-corrected chi connectivity index (χ0v) is 12.7. The molecule has 0 saturated carbocycles. The van der Waals surface area contributed by atoms with E-state index in [1.807, 2.05) is 0 Å². The van der Waals surface area contributed by atoms with Crippen LogP contribution in [0.1, 0.15) is 10.4 Å². The summed E-state index contributed by atoms with van der Waals surface area (Å²) in [6.45, 7) is 0. The first-order chi connectivity index (χ1) is 11.7. The van der Waals surface area contributed by atoms with Gasteiger partial charge in [0.05, 0.1) is 29.1 Å². The van der Waals surface area contributed by atoms with Crippen LogP contribution in [0, 0.1) is 0 Å². The van der Waals surface area contributed by atoms with E-state index in [0.717, 1.165) is 0 Å². The molecule has 0 aliphatic rings. The van der Waals surface area contributed by atoms with E-state index in [1.165, 1.54) is 13.4 Å². The van der Waals surface area contributed by atoms with Crippen LogP contribution in [0.5, 0.6) is 0 Å². The third-order valence-corrected chi connectivity index (χ3v) is 3.84. The van der Waals surface area contributed by atoms with Crippen LogP contribution >= 0.6 is 0 Å². The van der Waals surface area contributed by atoms with Gasteiger partial charge in [0.25, 0.3) is 0 Å². The van der Waals surface area contributed by atoms with Gasteiger partial charge in [-0.05, 0) is 30.3 Å². The number of esters is 1. The summed E-state index contributed by atoms with van der Waals surface area (Å²) < 4.78 is 10.2. The topological polar surface area (TPSA) is 85.2 Å². The van der Waals surface area contributed by atoms with E-state index < -0.39 is 5.97 Å². The largest absolute Gasteiger partial charge is 0.465 e. The molecule has 0 spiro atoms. The summed E-state index contributed by atoms with van der Waals surface area (Å²) in [4.78, 5) is 31.7. The lowest BCUT2D eigenvalue weighted by molar-refractivity contribution is 0.0601. The van der Waals surface area contributed by atoms with Crippen molar-refractivity contribution < 1.29 is 13.9 Å². The Morgan fingerprint density at radius 1 is 1.21 bits per heavy atom. The minimum Gasteiger partial charge on any atom is -0.465 e. The highest BCUT2D eigenvalue weighted by atomic mass is 16.5. The highest BCUT2D eigenvalue weighted by Gasteiger charge is 2.14. The molecule has 0 unspecified atom stereocenters. The van der Waals surface area contributed by atoms with Crippen molar-refractivity contribution in [2.45, 2.75) is 0 Å². The molecule has 6 heteroatoms. The van der Waals surface area contributed by atoms with E-state index in [9.17, 15) is 9.59 Å². The number of hydrogen-bond donors (Lipinski definition) is 1. The normalized spacial score (nSPS) is 11.0. The molecule has 1 N–H and O–H groups in total. The molecule has 0 amide bonds.